The van der Waals surface area contributed by atoms with Crippen molar-refractivity contribution in [3.05, 3.63) is 103 Å². The van der Waals surface area contributed by atoms with Gasteiger partial charge in [-0.15, -0.1) is 0 Å². The number of benzene rings is 3. The van der Waals surface area contributed by atoms with Crippen molar-refractivity contribution in [1.82, 2.24) is 4.98 Å². The largest absolute Gasteiger partial charge is 1.00 e. The second-order valence-electron chi connectivity index (χ2n) is 6.72. The number of halogens is 1. The van der Waals surface area contributed by atoms with Crippen LogP contribution in [0.1, 0.15) is 10.4 Å². The second kappa shape index (κ2) is 9.94. The lowest BCUT2D eigenvalue weighted by atomic mass is 10.0. The van der Waals surface area contributed by atoms with E-state index in [9.17, 15) is 4.79 Å². The van der Waals surface area contributed by atoms with Crippen LogP contribution < -0.4 is 26.3 Å². The Morgan fingerprint density at radius 3 is 2.23 bits per heavy atom. The van der Waals surface area contributed by atoms with Crippen LogP contribution in [-0.4, -0.2) is 17.9 Å². The summed E-state index contributed by atoms with van der Waals surface area (Å²) >= 11 is 0. The molecule has 0 aliphatic heterocycles. The number of hydrogen-bond donors (Lipinski definition) is 0. The van der Waals surface area contributed by atoms with Crippen molar-refractivity contribution < 1.29 is 31.1 Å². The zero-order valence-electron chi connectivity index (χ0n) is 16.5. The van der Waals surface area contributed by atoms with E-state index < -0.39 is 0 Å². The molecule has 5 heteroatoms. The number of nitrogens with zero attached hydrogens (tertiary/aromatic N) is 2. The Labute approximate surface area is 186 Å². The number of ether oxygens (including phenoxy) is 1. The molecule has 1 aromatic heterocycles. The minimum Gasteiger partial charge on any atom is -1.00 e. The lowest BCUT2D eigenvalue weighted by molar-refractivity contribution is -0.686. The van der Waals surface area contributed by atoms with Crippen LogP contribution in [-0.2, 0) is 6.54 Å². The highest BCUT2D eigenvalue weighted by atomic mass is 79.9. The first-order chi connectivity index (χ1) is 14.2. The third-order valence-electron chi connectivity index (χ3n) is 4.77. The van der Waals surface area contributed by atoms with E-state index in [0.717, 1.165) is 28.1 Å². The molecule has 150 valence electrons. The summed E-state index contributed by atoms with van der Waals surface area (Å²) in [7, 11) is 1.64. The summed E-state index contributed by atoms with van der Waals surface area (Å²) in [4.78, 5) is 17.1. The molecule has 0 fully saturated rings. The Kier molecular flexibility index (Phi) is 7.09. The number of ketones is 1. The quantitative estimate of drug-likeness (QED) is 0.324. The number of hydrogen-bond acceptors (Lipinski definition) is 3. The summed E-state index contributed by atoms with van der Waals surface area (Å²) in [5.41, 5.74) is 4.73. The van der Waals surface area contributed by atoms with E-state index in [1.54, 1.807) is 18.0 Å². The molecule has 1 heterocycles. The number of carbonyl (C=O) groups is 1. The van der Waals surface area contributed by atoms with Gasteiger partial charge in [0.25, 0.3) is 6.33 Å². The first-order valence-corrected chi connectivity index (χ1v) is 9.41. The summed E-state index contributed by atoms with van der Waals surface area (Å²) in [6.45, 7) is 0.246. The predicted molar refractivity (Wildman–Crippen MR) is 113 cm³/mol. The molecule has 0 aliphatic rings. The van der Waals surface area contributed by atoms with Crippen LogP contribution in [0.3, 0.4) is 0 Å². The van der Waals surface area contributed by atoms with Gasteiger partial charge < -0.3 is 21.7 Å². The van der Waals surface area contributed by atoms with Crippen LogP contribution in [0.25, 0.3) is 22.4 Å². The third kappa shape index (κ3) is 4.99. The molecule has 30 heavy (non-hydrogen) atoms. The maximum atomic E-state index is 12.6. The summed E-state index contributed by atoms with van der Waals surface area (Å²) in [6, 6.07) is 27.5. The van der Waals surface area contributed by atoms with Crippen LogP contribution in [0.4, 0.5) is 0 Å². The molecule has 0 aliphatic carbocycles. The van der Waals surface area contributed by atoms with Gasteiger partial charge in [-0.3, -0.25) is 4.79 Å². The number of aromatic nitrogens is 2. The molecular formula is C25H21BrN2O2. The van der Waals surface area contributed by atoms with Gasteiger partial charge in [-0.25, -0.2) is 4.57 Å². The smallest absolute Gasteiger partial charge is 0.287 e. The molecule has 0 amide bonds. The first kappa shape index (κ1) is 21.4. The van der Waals surface area contributed by atoms with Crippen LogP contribution >= 0.6 is 0 Å². The van der Waals surface area contributed by atoms with Crippen molar-refractivity contribution in [2.45, 2.75) is 6.54 Å². The van der Waals surface area contributed by atoms with Crippen molar-refractivity contribution in [2.24, 2.45) is 0 Å². The maximum Gasteiger partial charge on any atom is 0.287 e. The minimum absolute atomic E-state index is 0. The topological polar surface area (TPSA) is 43.1 Å². The molecule has 0 spiro atoms. The molecule has 4 rings (SSSR count). The lowest BCUT2D eigenvalue weighted by Gasteiger charge is -2.04. The zero-order chi connectivity index (χ0) is 20.1. The fraction of sp³-hybridized carbons (Fsp3) is 0.0800. The molecule has 3 aromatic carbocycles. The molecule has 0 unspecified atom stereocenters. The normalized spacial score (nSPS) is 10.2. The zero-order valence-corrected chi connectivity index (χ0v) is 18.1. The highest BCUT2D eigenvalue weighted by Crippen LogP contribution is 2.21. The van der Waals surface area contributed by atoms with Crippen molar-refractivity contribution in [1.29, 1.82) is 0 Å². The van der Waals surface area contributed by atoms with Gasteiger partial charge in [0.15, 0.2) is 12.2 Å². The molecule has 0 N–H and O–H groups in total. The first-order valence-electron chi connectivity index (χ1n) is 9.41. The Morgan fingerprint density at radius 1 is 0.867 bits per heavy atom. The van der Waals surface area contributed by atoms with Crippen LogP contribution in [0.5, 0.6) is 5.75 Å². The van der Waals surface area contributed by atoms with E-state index in [0.29, 0.717) is 5.56 Å². The molecule has 4 aromatic rings. The van der Waals surface area contributed by atoms with Gasteiger partial charge in [0.2, 0.25) is 5.78 Å². The minimum atomic E-state index is 0. The number of methoxy groups -OCH3 is 1. The lowest BCUT2D eigenvalue weighted by Crippen LogP contribution is -3.00. The van der Waals surface area contributed by atoms with Crippen molar-refractivity contribution in [2.75, 3.05) is 7.11 Å². The van der Waals surface area contributed by atoms with E-state index in [2.05, 4.69) is 17.1 Å². The average molecular weight is 461 g/mol. The molecule has 0 bridgehead atoms. The Bertz CT molecular complexity index is 1110. The number of Topliss-reactive ketones (excluding diaryl/α,β-unsaturated/α-hetero) is 1. The Balaban J connectivity index is 0.00000256. The number of carbonyl (C=O) groups excluding carboxylic acids is 1. The van der Waals surface area contributed by atoms with Gasteiger partial charge >= 0.3 is 0 Å². The van der Waals surface area contributed by atoms with E-state index in [1.807, 2.05) is 79.0 Å². The Hall–Kier alpha value is -3.31. The van der Waals surface area contributed by atoms with E-state index in [1.165, 1.54) is 0 Å². The van der Waals surface area contributed by atoms with Gasteiger partial charge in [0, 0.05) is 17.2 Å². The van der Waals surface area contributed by atoms with Crippen molar-refractivity contribution >= 4 is 5.78 Å². The van der Waals surface area contributed by atoms with Gasteiger partial charge in [-0.05, 0) is 28.2 Å². The summed E-state index contributed by atoms with van der Waals surface area (Å²) in [6.07, 6.45) is 3.56. The molecular weight excluding hydrogens is 440 g/mol. The molecule has 4 nitrogen and oxygen atoms in total. The third-order valence-corrected chi connectivity index (χ3v) is 4.77. The fourth-order valence-electron chi connectivity index (χ4n) is 3.17. The van der Waals surface area contributed by atoms with E-state index >= 15 is 0 Å². The van der Waals surface area contributed by atoms with Crippen LogP contribution in [0, 0.1) is 0 Å². The molecule has 0 saturated heterocycles. The monoisotopic (exact) mass is 460 g/mol. The highest BCUT2D eigenvalue weighted by molar-refractivity contribution is 5.95. The predicted octanol–water partition coefficient (Wildman–Crippen LogP) is 1.60. The van der Waals surface area contributed by atoms with E-state index in [4.69, 9.17) is 4.74 Å². The van der Waals surface area contributed by atoms with Gasteiger partial charge in [0.05, 0.1) is 13.3 Å². The van der Waals surface area contributed by atoms with Gasteiger partial charge in [-0.1, -0.05) is 66.7 Å². The second-order valence-corrected chi connectivity index (χ2v) is 6.72. The molecule has 0 saturated carbocycles. The van der Waals surface area contributed by atoms with Crippen LogP contribution in [0.15, 0.2) is 97.5 Å². The van der Waals surface area contributed by atoms with Crippen LogP contribution in [0.2, 0.25) is 0 Å². The fourth-order valence-corrected chi connectivity index (χ4v) is 3.17. The van der Waals surface area contributed by atoms with Crippen molar-refractivity contribution in [3.63, 3.8) is 0 Å². The number of rotatable bonds is 6. The average Bonchev–Trinajstić information content (AvgIpc) is 2.80. The van der Waals surface area contributed by atoms with Crippen molar-refractivity contribution in [3.8, 4) is 28.1 Å². The van der Waals surface area contributed by atoms with Gasteiger partial charge in [-0.2, -0.15) is 0 Å². The SMILES string of the molecule is COc1cccc(-c2cc[n+](CC(=O)c3ccc(-c4ccccc4)cc3)cn2)c1.[Br-]. The maximum absolute atomic E-state index is 12.6. The highest BCUT2D eigenvalue weighted by Gasteiger charge is 2.12. The molecule has 0 radical (unpaired) electrons. The Morgan fingerprint density at radius 2 is 1.57 bits per heavy atom. The van der Waals surface area contributed by atoms with E-state index in [-0.39, 0.29) is 29.3 Å². The summed E-state index contributed by atoms with van der Waals surface area (Å²) in [5.74, 6) is 0.834. The van der Waals surface area contributed by atoms with Gasteiger partial charge in [0.1, 0.15) is 5.75 Å². The summed E-state index contributed by atoms with van der Waals surface area (Å²) < 4.78 is 7.05. The summed E-state index contributed by atoms with van der Waals surface area (Å²) in [5, 5.41) is 0. The molecule has 0 atom stereocenters. The standard InChI is InChI=1S/C25H21N2O2.BrH/c1-29-23-9-5-8-22(16-23)24-14-15-27(18-26-24)17-25(28)21-12-10-20(11-13-21)19-6-3-2-4-7-19;/h2-16,18H,17H2,1H3;1H/q+1;/p-1.